The number of nitrogens with one attached hydrogen (secondary N) is 1. The van der Waals surface area contributed by atoms with Crippen molar-refractivity contribution >= 4 is 0 Å². The Hall–Kier alpha value is -1.34. The van der Waals surface area contributed by atoms with E-state index in [9.17, 15) is 0 Å². The van der Waals surface area contributed by atoms with E-state index in [-0.39, 0.29) is 0 Å². The molecule has 1 aromatic rings. The molecule has 0 spiro atoms. The van der Waals surface area contributed by atoms with E-state index < -0.39 is 0 Å². The molecule has 2 rings (SSSR count). The summed E-state index contributed by atoms with van der Waals surface area (Å²) < 4.78 is 1.84. The standard InChI is InChI=1S/C7H8N4/c1-11-6-4-9-3-5(6)10-7(11)2-8/h9H,3-4H2,1H3. The Balaban J connectivity index is 2.60. The van der Waals surface area contributed by atoms with Gasteiger partial charge in [0.15, 0.2) is 0 Å². The summed E-state index contributed by atoms with van der Waals surface area (Å²) in [5.74, 6) is 0.511. The van der Waals surface area contributed by atoms with Gasteiger partial charge in [-0.1, -0.05) is 0 Å². The van der Waals surface area contributed by atoms with E-state index in [0.29, 0.717) is 5.82 Å². The molecule has 0 amide bonds. The summed E-state index contributed by atoms with van der Waals surface area (Å²) in [6.07, 6.45) is 0. The number of nitrogens with zero attached hydrogens (tertiary/aromatic N) is 3. The maximum absolute atomic E-state index is 8.62. The fraction of sp³-hybridized carbons (Fsp3) is 0.429. The highest BCUT2D eigenvalue weighted by atomic mass is 15.1. The zero-order chi connectivity index (χ0) is 7.84. The zero-order valence-electron chi connectivity index (χ0n) is 6.26. The van der Waals surface area contributed by atoms with Crippen molar-refractivity contribution in [3.63, 3.8) is 0 Å². The van der Waals surface area contributed by atoms with Crippen molar-refractivity contribution in [1.82, 2.24) is 14.9 Å². The third kappa shape index (κ3) is 0.748. The van der Waals surface area contributed by atoms with Crippen LogP contribution in [-0.4, -0.2) is 9.55 Å². The third-order valence-electron chi connectivity index (χ3n) is 1.98. The van der Waals surface area contributed by atoms with E-state index in [1.807, 2.05) is 17.7 Å². The summed E-state index contributed by atoms with van der Waals surface area (Å²) in [6, 6.07) is 2.05. The molecule has 1 aliphatic heterocycles. The van der Waals surface area contributed by atoms with Crippen molar-refractivity contribution in [3.8, 4) is 6.07 Å². The Morgan fingerprint density at radius 1 is 1.64 bits per heavy atom. The molecule has 4 nitrogen and oxygen atoms in total. The van der Waals surface area contributed by atoms with Gasteiger partial charge in [-0.3, -0.25) is 0 Å². The van der Waals surface area contributed by atoms with Crippen LogP contribution in [0.2, 0.25) is 0 Å². The van der Waals surface area contributed by atoms with Crippen LogP contribution in [0.5, 0.6) is 0 Å². The van der Waals surface area contributed by atoms with E-state index in [1.54, 1.807) is 0 Å². The first-order chi connectivity index (χ1) is 5.33. The van der Waals surface area contributed by atoms with Gasteiger partial charge in [-0.25, -0.2) is 4.98 Å². The second-order valence-electron chi connectivity index (χ2n) is 2.60. The van der Waals surface area contributed by atoms with Crippen molar-refractivity contribution in [1.29, 1.82) is 5.26 Å². The average Bonchev–Trinajstić information content (AvgIpc) is 2.53. The lowest BCUT2D eigenvalue weighted by molar-refractivity contribution is 0.707. The largest absolute Gasteiger partial charge is 0.321 e. The molecule has 11 heavy (non-hydrogen) atoms. The Morgan fingerprint density at radius 3 is 3.09 bits per heavy atom. The minimum absolute atomic E-state index is 0.511. The van der Waals surface area contributed by atoms with Crippen molar-refractivity contribution in [3.05, 3.63) is 17.2 Å². The molecule has 0 aromatic carbocycles. The molecule has 1 aliphatic rings. The summed E-state index contributed by atoms with van der Waals surface area (Å²) in [7, 11) is 1.87. The minimum Gasteiger partial charge on any atom is -0.321 e. The summed E-state index contributed by atoms with van der Waals surface area (Å²) in [6.45, 7) is 1.63. The van der Waals surface area contributed by atoms with Gasteiger partial charge in [0, 0.05) is 20.1 Å². The molecule has 0 radical (unpaired) electrons. The molecule has 0 unspecified atom stereocenters. The molecular formula is C7H8N4. The van der Waals surface area contributed by atoms with Crippen LogP contribution in [0.4, 0.5) is 0 Å². The number of hydrogen-bond donors (Lipinski definition) is 1. The fourth-order valence-corrected chi connectivity index (χ4v) is 1.35. The first-order valence-electron chi connectivity index (χ1n) is 3.48. The van der Waals surface area contributed by atoms with Crippen LogP contribution in [0.15, 0.2) is 0 Å². The number of rotatable bonds is 0. The van der Waals surface area contributed by atoms with Gasteiger partial charge < -0.3 is 9.88 Å². The van der Waals surface area contributed by atoms with E-state index in [1.165, 1.54) is 0 Å². The van der Waals surface area contributed by atoms with Crippen molar-refractivity contribution in [2.75, 3.05) is 0 Å². The first-order valence-corrected chi connectivity index (χ1v) is 3.48. The Bertz CT molecular complexity index is 331. The fourth-order valence-electron chi connectivity index (χ4n) is 1.35. The lowest BCUT2D eigenvalue weighted by atomic mass is 10.4. The molecule has 56 valence electrons. The van der Waals surface area contributed by atoms with E-state index >= 15 is 0 Å². The Labute approximate surface area is 64.5 Å². The van der Waals surface area contributed by atoms with E-state index in [2.05, 4.69) is 10.3 Å². The lowest BCUT2D eigenvalue weighted by Crippen LogP contribution is -2.06. The molecular weight excluding hydrogens is 140 g/mol. The van der Waals surface area contributed by atoms with Crippen LogP contribution < -0.4 is 5.32 Å². The normalized spacial score (nSPS) is 14.5. The molecule has 4 heteroatoms. The minimum atomic E-state index is 0.511. The highest BCUT2D eigenvalue weighted by Gasteiger charge is 2.18. The van der Waals surface area contributed by atoms with Crippen LogP contribution in [0, 0.1) is 11.3 Å². The summed E-state index contributed by atoms with van der Waals surface area (Å²) in [4.78, 5) is 4.15. The van der Waals surface area contributed by atoms with Crippen LogP contribution >= 0.6 is 0 Å². The van der Waals surface area contributed by atoms with Crippen LogP contribution in [-0.2, 0) is 20.1 Å². The molecule has 1 aromatic heterocycles. The molecule has 2 heterocycles. The van der Waals surface area contributed by atoms with Crippen LogP contribution in [0.25, 0.3) is 0 Å². The van der Waals surface area contributed by atoms with Gasteiger partial charge in [0.2, 0.25) is 5.82 Å². The predicted octanol–water partition coefficient (Wildman–Crippen LogP) is -0.105. The van der Waals surface area contributed by atoms with Crippen molar-refractivity contribution < 1.29 is 0 Å². The SMILES string of the molecule is Cn1c(C#N)nc2c1CNC2. The highest BCUT2D eigenvalue weighted by molar-refractivity contribution is 5.26. The maximum atomic E-state index is 8.62. The molecule has 0 bridgehead atoms. The lowest BCUT2D eigenvalue weighted by Gasteiger charge is -1.96. The van der Waals surface area contributed by atoms with Gasteiger partial charge in [-0.15, -0.1) is 0 Å². The first kappa shape index (κ1) is 6.38. The summed E-state index contributed by atoms with van der Waals surface area (Å²) in [5, 5.41) is 11.8. The van der Waals surface area contributed by atoms with Crippen molar-refractivity contribution in [2.45, 2.75) is 13.1 Å². The third-order valence-corrected chi connectivity index (χ3v) is 1.98. The molecule has 0 aliphatic carbocycles. The quantitative estimate of drug-likeness (QED) is 0.558. The van der Waals surface area contributed by atoms with Crippen molar-refractivity contribution in [2.24, 2.45) is 7.05 Å². The summed E-state index contributed by atoms with van der Waals surface area (Å²) in [5.41, 5.74) is 2.16. The number of nitriles is 1. The number of hydrogen-bond acceptors (Lipinski definition) is 3. The molecule has 0 saturated heterocycles. The van der Waals surface area contributed by atoms with E-state index in [4.69, 9.17) is 5.26 Å². The van der Waals surface area contributed by atoms with Gasteiger partial charge in [-0.2, -0.15) is 5.26 Å². The number of imidazole rings is 1. The van der Waals surface area contributed by atoms with E-state index in [0.717, 1.165) is 24.5 Å². The number of aromatic nitrogens is 2. The Kier molecular flexibility index (Phi) is 1.20. The highest BCUT2D eigenvalue weighted by Crippen LogP contribution is 2.14. The van der Waals surface area contributed by atoms with Gasteiger partial charge in [0.1, 0.15) is 6.07 Å². The summed E-state index contributed by atoms with van der Waals surface area (Å²) >= 11 is 0. The van der Waals surface area contributed by atoms with Crippen LogP contribution in [0.3, 0.4) is 0 Å². The predicted molar refractivity (Wildman–Crippen MR) is 38.5 cm³/mol. The molecule has 0 saturated carbocycles. The Morgan fingerprint density at radius 2 is 2.45 bits per heavy atom. The molecule has 0 fully saturated rings. The van der Waals surface area contributed by atoms with Gasteiger partial charge in [0.05, 0.1) is 11.4 Å². The molecule has 0 atom stereocenters. The number of fused-ring (bicyclic) bond motifs is 1. The van der Waals surface area contributed by atoms with Crippen LogP contribution in [0.1, 0.15) is 17.2 Å². The molecule has 1 N–H and O–H groups in total. The topological polar surface area (TPSA) is 53.6 Å². The zero-order valence-corrected chi connectivity index (χ0v) is 6.26. The van der Waals surface area contributed by atoms with Gasteiger partial charge in [0.25, 0.3) is 0 Å². The second-order valence-corrected chi connectivity index (χ2v) is 2.60. The second kappa shape index (κ2) is 2.07. The monoisotopic (exact) mass is 148 g/mol. The average molecular weight is 148 g/mol. The van der Waals surface area contributed by atoms with Gasteiger partial charge in [-0.05, 0) is 0 Å². The van der Waals surface area contributed by atoms with Gasteiger partial charge >= 0.3 is 0 Å². The maximum Gasteiger partial charge on any atom is 0.213 e. The smallest absolute Gasteiger partial charge is 0.213 e.